The van der Waals surface area contributed by atoms with Crippen molar-refractivity contribution in [1.29, 1.82) is 0 Å². The first-order valence-electron chi connectivity index (χ1n) is 15.4. The maximum atomic E-state index is 14.1. The first-order chi connectivity index (χ1) is 20.3. The van der Waals surface area contributed by atoms with Crippen LogP contribution in [0.2, 0.25) is 0 Å². The minimum absolute atomic E-state index is 0.00163. The number of carbonyl (C=O) groups is 3. The van der Waals surface area contributed by atoms with Crippen LogP contribution in [0.3, 0.4) is 0 Å². The highest BCUT2D eigenvalue weighted by molar-refractivity contribution is 5.97. The molecule has 0 bridgehead atoms. The van der Waals surface area contributed by atoms with E-state index in [1.54, 1.807) is 4.90 Å². The number of nitrogens with zero attached hydrogens (tertiary/aromatic N) is 4. The van der Waals surface area contributed by atoms with Crippen LogP contribution in [0.25, 0.3) is 0 Å². The third-order valence-electron chi connectivity index (χ3n) is 9.11. The van der Waals surface area contributed by atoms with E-state index in [1.165, 1.54) is 0 Å². The monoisotopic (exact) mass is 590 g/mol. The molecule has 10 nitrogen and oxygen atoms in total. The molecule has 1 fully saturated rings. The van der Waals surface area contributed by atoms with Gasteiger partial charge in [-0.15, -0.1) is 0 Å². The first kappa shape index (κ1) is 30.6. The molecule has 3 heterocycles. The highest BCUT2D eigenvalue weighted by Gasteiger charge is 2.43. The summed E-state index contributed by atoms with van der Waals surface area (Å²) in [5.41, 5.74) is 2.75. The van der Waals surface area contributed by atoms with Crippen LogP contribution in [0.15, 0.2) is 53.4 Å². The summed E-state index contributed by atoms with van der Waals surface area (Å²) in [5, 5.41) is 11.1. The molecule has 0 spiro atoms. The number of carbonyl (C=O) groups excluding carboxylic acids is 3. The topological polar surface area (TPSA) is 109 Å². The van der Waals surface area contributed by atoms with Gasteiger partial charge in [0, 0.05) is 55.9 Å². The van der Waals surface area contributed by atoms with Gasteiger partial charge >= 0.3 is 6.09 Å². The molecule has 10 heteroatoms. The van der Waals surface area contributed by atoms with E-state index in [4.69, 9.17) is 4.74 Å². The Morgan fingerprint density at radius 3 is 2.65 bits per heavy atom. The van der Waals surface area contributed by atoms with E-state index < -0.39 is 11.1 Å². The van der Waals surface area contributed by atoms with E-state index in [-0.39, 0.29) is 29.7 Å². The van der Waals surface area contributed by atoms with Gasteiger partial charge < -0.3 is 25.2 Å². The molecule has 1 aromatic rings. The van der Waals surface area contributed by atoms with Crippen molar-refractivity contribution < 1.29 is 19.1 Å². The van der Waals surface area contributed by atoms with Gasteiger partial charge in [-0.3, -0.25) is 14.3 Å². The number of ether oxygens (including phenoxy) is 1. The van der Waals surface area contributed by atoms with Crippen molar-refractivity contribution >= 4 is 23.7 Å². The average Bonchev–Trinajstić information content (AvgIpc) is 3.22. The normalized spacial score (nSPS) is 24.0. The van der Waals surface area contributed by atoms with Gasteiger partial charge in [-0.1, -0.05) is 29.9 Å². The molecular weight excluding hydrogens is 544 g/mol. The molecular formula is C33H46N6O4. The molecule has 2 N–H and O–H groups in total. The van der Waals surface area contributed by atoms with Crippen LogP contribution in [-0.2, 0) is 27.9 Å². The van der Waals surface area contributed by atoms with Gasteiger partial charge in [0.2, 0.25) is 5.91 Å². The average molecular weight is 591 g/mol. The summed E-state index contributed by atoms with van der Waals surface area (Å²) in [7, 11) is 1.91. The number of aryl methyl sites for hydroxylation is 1. The Kier molecular flexibility index (Phi) is 8.58. The Labute approximate surface area is 254 Å². The van der Waals surface area contributed by atoms with Crippen LogP contribution in [0.5, 0.6) is 0 Å². The molecule has 0 aromatic carbocycles. The fraction of sp³-hybridized carbons (Fsp3) is 0.576. The summed E-state index contributed by atoms with van der Waals surface area (Å²) >= 11 is 0. The summed E-state index contributed by atoms with van der Waals surface area (Å²) in [4.78, 5) is 42.9. The quantitative estimate of drug-likeness (QED) is 0.509. The third kappa shape index (κ3) is 6.73. The van der Waals surface area contributed by atoms with E-state index in [1.807, 2.05) is 74.8 Å². The van der Waals surface area contributed by atoms with Crippen molar-refractivity contribution in [2.75, 3.05) is 25.0 Å². The van der Waals surface area contributed by atoms with Crippen molar-refractivity contribution in [2.45, 2.75) is 84.4 Å². The number of nitrogens with one attached hydrogen (secondary N) is 2. The Bertz CT molecular complexity index is 1390. The second-order valence-corrected chi connectivity index (χ2v) is 13.5. The number of hydrogen-bond acceptors (Lipinski definition) is 6. The number of piperidine rings is 1. The molecule has 43 heavy (non-hydrogen) atoms. The highest BCUT2D eigenvalue weighted by Crippen LogP contribution is 2.39. The molecule has 2 unspecified atom stereocenters. The Morgan fingerprint density at radius 1 is 1.21 bits per heavy atom. The Hall–Kier alpha value is -3.82. The number of allylic oxidation sites excluding steroid dienone is 3. The number of hydrogen-bond donors (Lipinski definition) is 2. The molecule has 1 saturated heterocycles. The maximum absolute atomic E-state index is 14.1. The molecule has 1 aromatic heterocycles. The molecule has 2 atom stereocenters. The highest BCUT2D eigenvalue weighted by atomic mass is 16.6. The SMILES string of the molecule is CC1=CC(C(=O)N2Cc3cnn(C)c3NC3=CC=CCC32C)=CCC1CNC(=O)CC1CCN(C(=O)OC(C)(C)C)CC1. The lowest BCUT2D eigenvalue weighted by atomic mass is 9.85. The van der Waals surface area contributed by atoms with Crippen LogP contribution >= 0.6 is 0 Å². The minimum Gasteiger partial charge on any atom is -0.444 e. The van der Waals surface area contributed by atoms with E-state index in [0.717, 1.165) is 41.9 Å². The molecule has 0 saturated carbocycles. The number of aromatic nitrogens is 2. The third-order valence-corrected chi connectivity index (χ3v) is 9.11. The molecule has 3 amide bonds. The van der Waals surface area contributed by atoms with Gasteiger partial charge in [0.1, 0.15) is 11.4 Å². The lowest BCUT2D eigenvalue weighted by Gasteiger charge is -2.42. The second kappa shape index (κ2) is 12.1. The summed E-state index contributed by atoms with van der Waals surface area (Å²) < 4.78 is 7.30. The predicted octanol–water partition coefficient (Wildman–Crippen LogP) is 4.82. The molecule has 0 radical (unpaired) electrons. The van der Waals surface area contributed by atoms with E-state index in [2.05, 4.69) is 28.7 Å². The molecule has 4 aliphatic rings. The summed E-state index contributed by atoms with van der Waals surface area (Å²) in [6.45, 7) is 12.0. The van der Waals surface area contributed by atoms with Crippen LogP contribution in [0.4, 0.5) is 10.6 Å². The van der Waals surface area contributed by atoms with Crippen LogP contribution in [-0.4, -0.2) is 68.3 Å². The van der Waals surface area contributed by atoms with Crippen molar-refractivity contribution in [2.24, 2.45) is 18.9 Å². The van der Waals surface area contributed by atoms with E-state index in [9.17, 15) is 14.4 Å². The van der Waals surface area contributed by atoms with Crippen molar-refractivity contribution in [3.8, 4) is 0 Å². The van der Waals surface area contributed by atoms with Crippen molar-refractivity contribution in [3.05, 3.63) is 59.0 Å². The number of amides is 3. The number of likely N-dealkylation sites (tertiary alicyclic amines) is 1. The van der Waals surface area contributed by atoms with Gasteiger partial charge in [0.05, 0.1) is 18.3 Å². The van der Waals surface area contributed by atoms with Gasteiger partial charge in [-0.05, 0) is 72.3 Å². The van der Waals surface area contributed by atoms with Crippen LogP contribution < -0.4 is 10.6 Å². The van der Waals surface area contributed by atoms with E-state index >= 15 is 0 Å². The molecule has 2 aliphatic heterocycles. The zero-order valence-corrected chi connectivity index (χ0v) is 26.4. The molecule has 5 rings (SSSR count). The largest absolute Gasteiger partial charge is 0.444 e. The van der Waals surface area contributed by atoms with Crippen LogP contribution in [0.1, 0.15) is 72.3 Å². The Morgan fingerprint density at radius 2 is 1.95 bits per heavy atom. The second-order valence-electron chi connectivity index (χ2n) is 13.5. The number of rotatable bonds is 5. The fourth-order valence-electron chi connectivity index (χ4n) is 6.36. The molecule has 232 valence electrons. The Balaban J connectivity index is 1.15. The smallest absolute Gasteiger partial charge is 0.410 e. The first-order valence-corrected chi connectivity index (χ1v) is 15.4. The predicted molar refractivity (Wildman–Crippen MR) is 166 cm³/mol. The van der Waals surface area contributed by atoms with Gasteiger partial charge in [0.25, 0.3) is 5.91 Å². The van der Waals surface area contributed by atoms with Gasteiger partial charge in [-0.2, -0.15) is 5.10 Å². The molecule has 2 aliphatic carbocycles. The van der Waals surface area contributed by atoms with Crippen LogP contribution in [0, 0.1) is 11.8 Å². The summed E-state index contributed by atoms with van der Waals surface area (Å²) in [6.07, 6.45) is 15.2. The zero-order valence-electron chi connectivity index (χ0n) is 26.4. The summed E-state index contributed by atoms with van der Waals surface area (Å²) in [5.74, 6) is 1.35. The van der Waals surface area contributed by atoms with Gasteiger partial charge in [0.15, 0.2) is 0 Å². The minimum atomic E-state index is -0.511. The fourth-order valence-corrected chi connectivity index (χ4v) is 6.36. The van der Waals surface area contributed by atoms with Gasteiger partial charge in [-0.25, -0.2) is 4.79 Å². The van der Waals surface area contributed by atoms with E-state index in [0.29, 0.717) is 44.6 Å². The van der Waals surface area contributed by atoms with Crippen molar-refractivity contribution in [3.63, 3.8) is 0 Å². The van der Waals surface area contributed by atoms with Crippen molar-refractivity contribution in [1.82, 2.24) is 24.9 Å². The standard InChI is InChI=1S/C33H46N6O4/c1-22-17-24(30(41)39-21-26-20-35-37(6)29(26)36-27-9-7-8-14-33(27,39)5)10-11-25(22)19-34-28(40)18-23-12-15-38(16-13-23)31(42)43-32(2,3)4/h7-10,17,20,23,25,36H,11-16,18-19,21H2,1-6H3,(H,34,40). The number of fused-ring (bicyclic) bond motifs is 2. The lowest BCUT2D eigenvalue weighted by molar-refractivity contribution is -0.132. The number of anilines is 1. The summed E-state index contributed by atoms with van der Waals surface area (Å²) in [6, 6.07) is 0. The lowest BCUT2D eigenvalue weighted by Crippen LogP contribution is -2.51. The maximum Gasteiger partial charge on any atom is 0.410 e. The zero-order chi connectivity index (χ0) is 30.9.